The highest BCUT2D eigenvalue weighted by Crippen LogP contribution is 2.30. The summed E-state index contributed by atoms with van der Waals surface area (Å²) in [6.45, 7) is 2.00. The molecule has 0 saturated carbocycles. The number of benzene rings is 2. The molecule has 3 aromatic rings. The van der Waals surface area contributed by atoms with Crippen molar-refractivity contribution in [2.75, 3.05) is 26.5 Å². The van der Waals surface area contributed by atoms with E-state index in [0.29, 0.717) is 5.75 Å². The molecule has 0 aliphatic carbocycles. The van der Waals surface area contributed by atoms with Gasteiger partial charge in [-0.05, 0) is 25.1 Å². The van der Waals surface area contributed by atoms with Crippen molar-refractivity contribution in [1.29, 1.82) is 0 Å². The quantitative estimate of drug-likeness (QED) is 0.644. The molecule has 1 N–H and O–H groups in total. The van der Waals surface area contributed by atoms with Crippen molar-refractivity contribution >= 4 is 33.0 Å². The van der Waals surface area contributed by atoms with Gasteiger partial charge in [-0.25, -0.2) is 17.7 Å². The smallest absolute Gasteiger partial charge is 0.275 e. The topological polar surface area (TPSA) is 88.6 Å². The van der Waals surface area contributed by atoms with Crippen LogP contribution in [0.3, 0.4) is 0 Å². The third-order valence-electron chi connectivity index (χ3n) is 4.23. The number of nitrogens with one attached hydrogen (secondary N) is 1. The van der Waals surface area contributed by atoms with Gasteiger partial charge in [0.05, 0.1) is 17.7 Å². The molecule has 0 saturated heterocycles. The Morgan fingerprint density at radius 1 is 1.14 bits per heavy atom. The molecule has 3 rings (SSSR count). The molecular formula is C20H21N3O4S2. The number of hydrogen-bond acceptors (Lipinski definition) is 6. The summed E-state index contributed by atoms with van der Waals surface area (Å²) in [6.07, 6.45) is 0. The van der Waals surface area contributed by atoms with Gasteiger partial charge in [0.25, 0.3) is 5.91 Å². The standard InChI is InChI=1S/C20H21N3O4S2/c1-13-5-7-14(8-6-13)20-22-17(12-28-20)19(24)21-16-11-15(9-10-18(16)27-4)29(25,26)23(2)3/h5-12H,1-4H3,(H,21,24). The number of sulfonamides is 1. The van der Waals surface area contributed by atoms with E-state index in [4.69, 9.17) is 4.74 Å². The second-order valence-corrected chi connectivity index (χ2v) is 9.52. The normalized spacial score (nSPS) is 11.5. The van der Waals surface area contributed by atoms with Crippen molar-refractivity contribution in [1.82, 2.24) is 9.29 Å². The number of aromatic nitrogens is 1. The fraction of sp³-hybridized carbons (Fsp3) is 0.200. The molecule has 1 heterocycles. The minimum atomic E-state index is -3.65. The first-order valence-corrected chi connectivity index (χ1v) is 11.0. The van der Waals surface area contributed by atoms with E-state index in [9.17, 15) is 13.2 Å². The maximum Gasteiger partial charge on any atom is 0.275 e. The molecule has 0 unspecified atom stereocenters. The zero-order valence-corrected chi connectivity index (χ0v) is 18.1. The number of aryl methyl sites for hydroxylation is 1. The van der Waals surface area contributed by atoms with Crippen LogP contribution in [-0.2, 0) is 10.0 Å². The van der Waals surface area contributed by atoms with Crippen molar-refractivity contribution in [3.63, 3.8) is 0 Å². The van der Waals surface area contributed by atoms with Crippen LogP contribution in [0.5, 0.6) is 5.75 Å². The van der Waals surface area contributed by atoms with Crippen molar-refractivity contribution < 1.29 is 17.9 Å². The molecule has 29 heavy (non-hydrogen) atoms. The van der Waals surface area contributed by atoms with Crippen molar-refractivity contribution in [3.05, 3.63) is 59.1 Å². The van der Waals surface area contributed by atoms with E-state index in [0.717, 1.165) is 20.4 Å². The second-order valence-electron chi connectivity index (χ2n) is 6.51. The molecule has 0 fully saturated rings. The fourth-order valence-corrected chi connectivity index (χ4v) is 4.28. The molecule has 0 atom stereocenters. The van der Waals surface area contributed by atoms with Gasteiger partial charge in [-0.2, -0.15) is 0 Å². The lowest BCUT2D eigenvalue weighted by Crippen LogP contribution is -2.22. The Bertz CT molecular complexity index is 1140. The Labute approximate surface area is 174 Å². The number of ether oxygens (including phenoxy) is 1. The lowest BCUT2D eigenvalue weighted by Gasteiger charge is -2.14. The van der Waals surface area contributed by atoms with Gasteiger partial charge in [0.1, 0.15) is 16.5 Å². The van der Waals surface area contributed by atoms with Crippen LogP contribution in [0.2, 0.25) is 0 Å². The van der Waals surface area contributed by atoms with Crippen LogP contribution in [0.1, 0.15) is 16.1 Å². The summed E-state index contributed by atoms with van der Waals surface area (Å²) >= 11 is 1.36. The zero-order chi connectivity index (χ0) is 21.2. The summed E-state index contributed by atoms with van der Waals surface area (Å²) in [5, 5.41) is 5.09. The Hall–Kier alpha value is -2.75. The molecule has 1 aromatic heterocycles. The Balaban J connectivity index is 1.88. The molecule has 2 aromatic carbocycles. The minimum Gasteiger partial charge on any atom is -0.495 e. The summed E-state index contributed by atoms with van der Waals surface area (Å²) in [6, 6.07) is 12.2. The fourth-order valence-electron chi connectivity index (χ4n) is 2.55. The van der Waals surface area contributed by atoms with Crippen LogP contribution in [0, 0.1) is 6.92 Å². The van der Waals surface area contributed by atoms with E-state index >= 15 is 0 Å². The number of nitrogens with zero attached hydrogens (tertiary/aromatic N) is 2. The van der Waals surface area contributed by atoms with E-state index in [2.05, 4.69) is 10.3 Å². The van der Waals surface area contributed by atoms with Crippen molar-refractivity contribution in [2.24, 2.45) is 0 Å². The van der Waals surface area contributed by atoms with E-state index < -0.39 is 15.9 Å². The molecule has 1 amide bonds. The minimum absolute atomic E-state index is 0.0530. The molecule has 7 nitrogen and oxygen atoms in total. The Morgan fingerprint density at radius 3 is 2.45 bits per heavy atom. The Kier molecular flexibility index (Phi) is 6.02. The molecule has 0 spiro atoms. The van der Waals surface area contributed by atoms with Gasteiger partial charge in [0, 0.05) is 25.0 Å². The van der Waals surface area contributed by atoms with Crippen LogP contribution in [0.4, 0.5) is 5.69 Å². The molecule has 0 aliphatic rings. The third kappa shape index (κ3) is 4.47. The first-order chi connectivity index (χ1) is 13.7. The average molecular weight is 432 g/mol. The molecule has 152 valence electrons. The lowest BCUT2D eigenvalue weighted by atomic mass is 10.2. The van der Waals surface area contributed by atoms with Gasteiger partial charge in [0.2, 0.25) is 10.0 Å². The number of anilines is 1. The lowest BCUT2D eigenvalue weighted by molar-refractivity contribution is 0.102. The van der Waals surface area contributed by atoms with Gasteiger partial charge >= 0.3 is 0 Å². The number of amides is 1. The largest absolute Gasteiger partial charge is 0.495 e. The maximum absolute atomic E-state index is 12.7. The zero-order valence-electron chi connectivity index (χ0n) is 16.5. The Morgan fingerprint density at radius 2 is 1.83 bits per heavy atom. The van der Waals surface area contributed by atoms with Gasteiger partial charge in [-0.15, -0.1) is 11.3 Å². The van der Waals surface area contributed by atoms with Crippen LogP contribution < -0.4 is 10.1 Å². The van der Waals surface area contributed by atoms with E-state index in [-0.39, 0.29) is 16.3 Å². The molecular weight excluding hydrogens is 410 g/mol. The number of rotatable bonds is 6. The van der Waals surface area contributed by atoms with Gasteiger partial charge in [0.15, 0.2) is 0 Å². The SMILES string of the molecule is COc1ccc(S(=O)(=O)N(C)C)cc1NC(=O)c1csc(-c2ccc(C)cc2)n1. The average Bonchev–Trinajstić information content (AvgIpc) is 3.18. The molecule has 9 heteroatoms. The highest BCUT2D eigenvalue weighted by Gasteiger charge is 2.21. The van der Waals surface area contributed by atoms with E-state index in [1.807, 2.05) is 31.2 Å². The van der Waals surface area contributed by atoms with Gasteiger partial charge in [-0.3, -0.25) is 4.79 Å². The molecule has 0 radical (unpaired) electrons. The van der Waals surface area contributed by atoms with Crippen molar-refractivity contribution in [3.8, 4) is 16.3 Å². The number of carbonyl (C=O) groups excluding carboxylic acids is 1. The first kappa shape index (κ1) is 21.0. The summed E-state index contributed by atoms with van der Waals surface area (Å²) in [5.74, 6) is -0.0950. The number of thiazole rings is 1. The van der Waals surface area contributed by atoms with Crippen LogP contribution in [0.15, 0.2) is 52.7 Å². The van der Waals surface area contributed by atoms with E-state index in [1.165, 1.54) is 50.7 Å². The molecule has 0 aliphatic heterocycles. The van der Waals surface area contributed by atoms with Crippen LogP contribution in [0.25, 0.3) is 10.6 Å². The predicted octanol–water partition coefficient (Wildman–Crippen LogP) is 3.63. The van der Waals surface area contributed by atoms with Gasteiger partial charge in [-0.1, -0.05) is 29.8 Å². The third-order valence-corrected chi connectivity index (χ3v) is 6.94. The first-order valence-electron chi connectivity index (χ1n) is 8.67. The number of hydrogen-bond donors (Lipinski definition) is 1. The highest BCUT2D eigenvalue weighted by atomic mass is 32.2. The van der Waals surface area contributed by atoms with Crippen molar-refractivity contribution in [2.45, 2.75) is 11.8 Å². The van der Waals surface area contributed by atoms with Gasteiger partial charge < -0.3 is 10.1 Å². The second kappa shape index (κ2) is 8.32. The summed E-state index contributed by atoms with van der Waals surface area (Å²) < 4.78 is 31.1. The number of methoxy groups -OCH3 is 1. The molecule has 0 bridgehead atoms. The van der Waals surface area contributed by atoms with Crippen LogP contribution >= 0.6 is 11.3 Å². The maximum atomic E-state index is 12.7. The van der Waals surface area contributed by atoms with E-state index in [1.54, 1.807) is 5.38 Å². The monoisotopic (exact) mass is 431 g/mol. The summed E-state index contributed by atoms with van der Waals surface area (Å²) in [7, 11) is 0.689. The highest BCUT2D eigenvalue weighted by molar-refractivity contribution is 7.89. The predicted molar refractivity (Wildman–Crippen MR) is 114 cm³/mol. The summed E-state index contributed by atoms with van der Waals surface area (Å²) in [4.78, 5) is 17.1. The number of carbonyl (C=O) groups is 1. The summed E-state index contributed by atoms with van der Waals surface area (Å²) in [5.41, 5.74) is 2.57. The van der Waals surface area contributed by atoms with Crippen LogP contribution in [-0.4, -0.2) is 44.8 Å².